The van der Waals surface area contributed by atoms with Gasteiger partial charge in [0.15, 0.2) is 0 Å². The van der Waals surface area contributed by atoms with Gasteiger partial charge >= 0.3 is 0 Å². The van der Waals surface area contributed by atoms with Crippen LogP contribution in [0.2, 0.25) is 0 Å². The van der Waals surface area contributed by atoms with Crippen LogP contribution < -0.4 is 5.32 Å². The fourth-order valence-electron chi connectivity index (χ4n) is 3.24. The van der Waals surface area contributed by atoms with Crippen LogP contribution in [0.4, 0.5) is 0 Å². The van der Waals surface area contributed by atoms with Crippen LogP contribution in [-0.2, 0) is 6.42 Å². The third kappa shape index (κ3) is 4.31. The summed E-state index contributed by atoms with van der Waals surface area (Å²) in [6.07, 6.45) is 5.07. The zero-order chi connectivity index (χ0) is 14.4. The predicted molar refractivity (Wildman–Crippen MR) is 89.5 cm³/mol. The molecule has 0 spiro atoms. The molecule has 2 heterocycles. The van der Waals surface area contributed by atoms with Crippen molar-refractivity contribution in [3.05, 3.63) is 22.4 Å². The van der Waals surface area contributed by atoms with Crippen LogP contribution >= 0.6 is 11.3 Å². The van der Waals surface area contributed by atoms with Gasteiger partial charge in [0.2, 0.25) is 0 Å². The highest BCUT2D eigenvalue weighted by Gasteiger charge is 2.29. The molecule has 0 aliphatic carbocycles. The summed E-state index contributed by atoms with van der Waals surface area (Å²) in [6, 6.07) is 3.68. The maximum absolute atomic E-state index is 3.77. The van der Waals surface area contributed by atoms with Gasteiger partial charge in [0, 0.05) is 31.7 Å². The fraction of sp³-hybridized carbons (Fsp3) is 0.765. The van der Waals surface area contributed by atoms with Gasteiger partial charge in [-0.3, -0.25) is 4.90 Å². The fourth-order valence-corrected chi connectivity index (χ4v) is 3.94. The van der Waals surface area contributed by atoms with E-state index in [1.54, 1.807) is 0 Å². The number of rotatable bonds is 7. The van der Waals surface area contributed by atoms with E-state index in [0.29, 0.717) is 12.1 Å². The van der Waals surface area contributed by atoms with Crippen LogP contribution in [0.5, 0.6) is 0 Å². The van der Waals surface area contributed by atoms with Crippen LogP contribution in [0.25, 0.3) is 0 Å². The third-order valence-corrected chi connectivity index (χ3v) is 5.48. The highest BCUT2D eigenvalue weighted by atomic mass is 32.1. The van der Waals surface area contributed by atoms with Gasteiger partial charge in [-0.15, -0.1) is 0 Å². The number of piperazine rings is 1. The van der Waals surface area contributed by atoms with Gasteiger partial charge in [0.1, 0.15) is 0 Å². The van der Waals surface area contributed by atoms with Crippen molar-refractivity contribution in [3.8, 4) is 0 Å². The molecule has 3 unspecified atom stereocenters. The Morgan fingerprint density at radius 1 is 1.45 bits per heavy atom. The average molecular weight is 295 g/mol. The summed E-state index contributed by atoms with van der Waals surface area (Å²) in [6.45, 7) is 10.6. The zero-order valence-electron chi connectivity index (χ0n) is 13.3. The standard InChI is InChI=1S/C17H30N2S/c1-4-6-16-12-19(9-7-15-8-10-20-13-15)17(11-18-16)14(3)5-2/h8,10,13-14,16-18H,4-7,9,11-12H2,1-3H3. The van der Waals surface area contributed by atoms with Crippen molar-refractivity contribution >= 4 is 11.3 Å². The van der Waals surface area contributed by atoms with E-state index in [1.165, 1.54) is 50.9 Å². The molecule has 0 radical (unpaired) electrons. The predicted octanol–water partition coefficient (Wildman–Crippen LogP) is 3.78. The maximum atomic E-state index is 3.77. The van der Waals surface area contributed by atoms with Gasteiger partial charge in [-0.25, -0.2) is 0 Å². The molecule has 114 valence electrons. The van der Waals surface area contributed by atoms with Crippen molar-refractivity contribution < 1.29 is 0 Å². The molecule has 1 aliphatic heterocycles. The smallest absolute Gasteiger partial charge is 0.0247 e. The summed E-state index contributed by atoms with van der Waals surface area (Å²) in [7, 11) is 0. The topological polar surface area (TPSA) is 15.3 Å². The molecule has 2 nitrogen and oxygen atoms in total. The van der Waals surface area contributed by atoms with Crippen molar-refractivity contribution in [2.75, 3.05) is 19.6 Å². The lowest BCUT2D eigenvalue weighted by Gasteiger charge is -2.43. The molecular weight excluding hydrogens is 264 g/mol. The minimum atomic E-state index is 0.697. The van der Waals surface area contributed by atoms with Gasteiger partial charge in [-0.05, 0) is 41.1 Å². The second kappa shape index (κ2) is 8.16. The monoisotopic (exact) mass is 294 g/mol. The van der Waals surface area contributed by atoms with E-state index in [1.807, 2.05) is 11.3 Å². The minimum Gasteiger partial charge on any atom is -0.311 e. The Bertz CT molecular complexity index is 363. The van der Waals surface area contributed by atoms with Crippen molar-refractivity contribution in [1.82, 2.24) is 10.2 Å². The van der Waals surface area contributed by atoms with E-state index in [9.17, 15) is 0 Å². The Labute approximate surface area is 128 Å². The average Bonchev–Trinajstić information content (AvgIpc) is 2.98. The number of nitrogens with zero attached hydrogens (tertiary/aromatic N) is 1. The molecular formula is C17H30N2S. The molecule has 3 heteroatoms. The van der Waals surface area contributed by atoms with E-state index in [0.717, 1.165) is 5.92 Å². The van der Waals surface area contributed by atoms with Crippen molar-refractivity contribution in [3.63, 3.8) is 0 Å². The minimum absolute atomic E-state index is 0.697. The Morgan fingerprint density at radius 3 is 2.95 bits per heavy atom. The zero-order valence-corrected chi connectivity index (χ0v) is 14.1. The Hall–Kier alpha value is -0.380. The van der Waals surface area contributed by atoms with Gasteiger partial charge in [0.25, 0.3) is 0 Å². The van der Waals surface area contributed by atoms with Gasteiger partial charge in [0.05, 0.1) is 0 Å². The molecule has 0 saturated carbocycles. The molecule has 1 saturated heterocycles. The first-order chi connectivity index (χ1) is 9.74. The molecule has 3 atom stereocenters. The van der Waals surface area contributed by atoms with Crippen molar-refractivity contribution in [1.29, 1.82) is 0 Å². The molecule has 0 amide bonds. The lowest BCUT2D eigenvalue weighted by Crippen LogP contribution is -2.58. The van der Waals surface area contributed by atoms with Crippen LogP contribution in [0.15, 0.2) is 16.8 Å². The summed E-state index contributed by atoms with van der Waals surface area (Å²) < 4.78 is 0. The first-order valence-electron chi connectivity index (χ1n) is 8.23. The molecule has 1 aromatic heterocycles. The Morgan fingerprint density at radius 2 is 2.30 bits per heavy atom. The summed E-state index contributed by atoms with van der Waals surface area (Å²) in [4.78, 5) is 2.75. The first kappa shape index (κ1) is 16.0. The SMILES string of the molecule is CCCC1CN(CCc2ccsc2)C(C(C)CC)CN1. The molecule has 1 fully saturated rings. The second-order valence-electron chi connectivity index (χ2n) is 6.22. The highest BCUT2D eigenvalue weighted by Crippen LogP contribution is 2.20. The Kier molecular flexibility index (Phi) is 6.53. The number of hydrogen-bond acceptors (Lipinski definition) is 3. The Balaban J connectivity index is 1.93. The van der Waals surface area contributed by atoms with Gasteiger partial charge in [-0.1, -0.05) is 33.6 Å². The molecule has 2 rings (SSSR count). The molecule has 1 aromatic rings. The normalized spacial score (nSPS) is 25.8. The van der Waals surface area contributed by atoms with Crippen LogP contribution in [0, 0.1) is 5.92 Å². The molecule has 20 heavy (non-hydrogen) atoms. The largest absolute Gasteiger partial charge is 0.311 e. The molecule has 1 N–H and O–H groups in total. The van der Waals surface area contributed by atoms with Crippen molar-refractivity contribution in [2.24, 2.45) is 5.92 Å². The maximum Gasteiger partial charge on any atom is 0.0247 e. The van der Waals surface area contributed by atoms with Crippen LogP contribution in [-0.4, -0.2) is 36.6 Å². The van der Waals surface area contributed by atoms with E-state index in [4.69, 9.17) is 0 Å². The summed E-state index contributed by atoms with van der Waals surface area (Å²) in [5, 5.41) is 8.26. The molecule has 1 aliphatic rings. The highest BCUT2D eigenvalue weighted by molar-refractivity contribution is 7.07. The van der Waals surface area contributed by atoms with Gasteiger partial charge in [-0.2, -0.15) is 11.3 Å². The van der Waals surface area contributed by atoms with E-state index in [2.05, 4.69) is 47.8 Å². The summed E-state index contributed by atoms with van der Waals surface area (Å²) in [5.41, 5.74) is 1.50. The summed E-state index contributed by atoms with van der Waals surface area (Å²) in [5.74, 6) is 0.785. The van der Waals surface area contributed by atoms with Gasteiger partial charge < -0.3 is 5.32 Å². The number of thiophene rings is 1. The lowest BCUT2D eigenvalue weighted by molar-refractivity contribution is 0.0900. The second-order valence-corrected chi connectivity index (χ2v) is 7.00. The third-order valence-electron chi connectivity index (χ3n) is 4.75. The van der Waals surface area contributed by atoms with E-state index in [-0.39, 0.29) is 0 Å². The first-order valence-corrected chi connectivity index (χ1v) is 9.17. The quantitative estimate of drug-likeness (QED) is 0.823. The van der Waals surface area contributed by atoms with E-state index >= 15 is 0 Å². The summed E-state index contributed by atoms with van der Waals surface area (Å²) >= 11 is 1.82. The number of nitrogens with one attached hydrogen (secondary N) is 1. The van der Waals surface area contributed by atoms with Crippen molar-refractivity contribution in [2.45, 2.75) is 58.5 Å². The molecule has 0 aromatic carbocycles. The molecule has 0 bridgehead atoms. The van der Waals surface area contributed by atoms with Crippen LogP contribution in [0.1, 0.15) is 45.6 Å². The van der Waals surface area contributed by atoms with E-state index < -0.39 is 0 Å². The number of hydrogen-bond donors (Lipinski definition) is 1. The van der Waals surface area contributed by atoms with Crippen LogP contribution in [0.3, 0.4) is 0 Å². The lowest BCUT2D eigenvalue weighted by atomic mass is 9.93.